The number of hydrogen-bond acceptors (Lipinski definition) is 0. The second-order valence-corrected chi connectivity index (χ2v) is 6.32. The third-order valence-electron chi connectivity index (χ3n) is 4.93. The van der Waals surface area contributed by atoms with Crippen molar-refractivity contribution >= 4 is 18.3 Å². The van der Waals surface area contributed by atoms with E-state index < -0.39 is 0 Å². The van der Waals surface area contributed by atoms with Crippen LogP contribution < -0.4 is 0 Å². The molecular weight excluding hydrogens is 214 g/mol. The van der Waals surface area contributed by atoms with E-state index in [1.54, 1.807) is 25.7 Å². The van der Waals surface area contributed by atoms with E-state index in [4.69, 9.17) is 11.6 Å². The van der Waals surface area contributed by atoms with Gasteiger partial charge in [-0.25, -0.2) is 0 Å². The Balaban J connectivity index is 1.67. The number of alkyl halides is 1. The van der Waals surface area contributed by atoms with Crippen LogP contribution in [0.2, 0.25) is 18.0 Å². The Morgan fingerprint density at radius 1 is 0.812 bits per heavy atom. The highest BCUT2D eigenvalue weighted by Gasteiger charge is 2.37. The standard InChI is InChI=1S/C14H26BCl/c16-12-4-2-1-3-11-15-13-7-5-8-14(15)10-6-9-13/h13-14H,1-12H2. The number of halogens is 1. The topological polar surface area (TPSA) is 0 Å². The minimum Gasteiger partial charge on any atom is -0.127 e. The van der Waals surface area contributed by atoms with Gasteiger partial charge in [-0.1, -0.05) is 75.7 Å². The molecule has 0 aromatic heterocycles. The molecule has 0 spiro atoms. The number of hydrogen-bond donors (Lipinski definition) is 0. The van der Waals surface area contributed by atoms with Gasteiger partial charge in [-0.3, -0.25) is 0 Å². The molecule has 0 aromatic rings. The fourth-order valence-electron chi connectivity index (χ4n) is 4.11. The zero-order chi connectivity index (χ0) is 11.2. The lowest BCUT2D eigenvalue weighted by atomic mass is 9.26. The highest BCUT2D eigenvalue weighted by molar-refractivity contribution is 6.62. The van der Waals surface area contributed by atoms with Gasteiger partial charge in [0.25, 0.3) is 0 Å². The van der Waals surface area contributed by atoms with Crippen LogP contribution in [0.5, 0.6) is 0 Å². The maximum absolute atomic E-state index is 5.71. The molecule has 0 aliphatic carbocycles. The first-order valence-corrected chi connectivity index (χ1v) is 8.01. The molecule has 2 heteroatoms. The summed E-state index contributed by atoms with van der Waals surface area (Å²) in [6, 6.07) is 0. The van der Waals surface area contributed by atoms with Crippen LogP contribution in [0.15, 0.2) is 0 Å². The maximum Gasteiger partial charge on any atom is 0.146 e. The molecular formula is C14H26BCl. The third kappa shape index (κ3) is 3.42. The van der Waals surface area contributed by atoms with E-state index in [1.807, 2.05) is 0 Å². The van der Waals surface area contributed by atoms with Crippen LogP contribution in [0.1, 0.15) is 64.2 Å². The summed E-state index contributed by atoms with van der Waals surface area (Å²) in [6.45, 7) is 1.11. The van der Waals surface area contributed by atoms with Gasteiger partial charge < -0.3 is 0 Å². The molecule has 0 aromatic carbocycles. The van der Waals surface area contributed by atoms with E-state index >= 15 is 0 Å². The Hall–Kier alpha value is 0.355. The van der Waals surface area contributed by atoms with Gasteiger partial charge in [0.1, 0.15) is 6.71 Å². The lowest BCUT2D eigenvalue weighted by molar-refractivity contribution is 0.439. The average Bonchev–Trinajstić information content (AvgIpc) is 2.28. The monoisotopic (exact) mass is 240 g/mol. The Morgan fingerprint density at radius 2 is 1.38 bits per heavy atom. The molecule has 0 N–H and O–H groups in total. The zero-order valence-electron chi connectivity index (χ0n) is 10.6. The van der Waals surface area contributed by atoms with E-state index in [1.165, 1.54) is 44.8 Å². The predicted molar refractivity (Wildman–Crippen MR) is 75.0 cm³/mol. The first kappa shape index (κ1) is 12.8. The van der Waals surface area contributed by atoms with Crippen molar-refractivity contribution in [1.82, 2.24) is 0 Å². The first-order valence-electron chi connectivity index (χ1n) is 7.48. The summed E-state index contributed by atoms with van der Waals surface area (Å²) >= 11 is 5.71. The molecule has 16 heavy (non-hydrogen) atoms. The summed E-state index contributed by atoms with van der Waals surface area (Å²) in [5, 5.41) is 0. The summed E-state index contributed by atoms with van der Waals surface area (Å²) in [5.41, 5.74) is 0. The quantitative estimate of drug-likeness (QED) is 0.332. The van der Waals surface area contributed by atoms with E-state index in [0.29, 0.717) is 0 Å². The molecule has 2 heterocycles. The van der Waals surface area contributed by atoms with Crippen LogP contribution in [0.3, 0.4) is 0 Å². The van der Waals surface area contributed by atoms with Gasteiger partial charge in [0.2, 0.25) is 0 Å². The van der Waals surface area contributed by atoms with E-state index in [9.17, 15) is 0 Å². The van der Waals surface area contributed by atoms with Crippen molar-refractivity contribution in [2.75, 3.05) is 5.88 Å². The SMILES string of the molecule is ClCCCCCCB1C2CCCC1CCC2. The lowest BCUT2D eigenvalue weighted by Gasteiger charge is -2.40. The van der Waals surface area contributed by atoms with Crippen molar-refractivity contribution in [3.8, 4) is 0 Å². The van der Waals surface area contributed by atoms with Crippen molar-refractivity contribution in [1.29, 1.82) is 0 Å². The Labute approximate surface area is 107 Å². The van der Waals surface area contributed by atoms with Crippen LogP contribution >= 0.6 is 11.6 Å². The van der Waals surface area contributed by atoms with Gasteiger partial charge in [0, 0.05) is 5.88 Å². The molecule has 2 aliphatic rings. The molecule has 2 rings (SSSR count). The third-order valence-corrected chi connectivity index (χ3v) is 5.20. The van der Waals surface area contributed by atoms with Crippen molar-refractivity contribution < 1.29 is 0 Å². The number of unbranched alkanes of at least 4 members (excludes halogenated alkanes) is 3. The molecule has 0 atom stereocenters. The van der Waals surface area contributed by atoms with Crippen LogP contribution in [0.25, 0.3) is 0 Å². The highest BCUT2D eigenvalue weighted by atomic mass is 35.5. The Kier molecular flexibility index (Phi) is 5.55. The minimum atomic E-state index is 0.856. The molecule has 0 amide bonds. The largest absolute Gasteiger partial charge is 0.146 e. The maximum atomic E-state index is 5.71. The molecule has 0 radical (unpaired) electrons. The average molecular weight is 241 g/mol. The van der Waals surface area contributed by atoms with Crippen molar-refractivity contribution in [2.24, 2.45) is 0 Å². The van der Waals surface area contributed by atoms with Gasteiger partial charge in [-0.05, 0) is 6.42 Å². The Morgan fingerprint density at radius 3 is 1.94 bits per heavy atom. The summed E-state index contributed by atoms with van der Waals surface area (Å²) < 4.78 is 0. The predicted octanol–water partition coefficient (Wildman–Crippen LogP) is 5.39. The minimum absolute atomic E-state index is 0.856. The molecule has 0 unspecified atom stereocenters. The zero-order valence-corrected chi connectivity index (χ0v) is 11.4. The van der Waals surface area contributed by atoms with Crippen LogP contribution in [0, 0.1) is 0 Å². The molecule has 2 fully saturated rings. The van der Waals surface area contributed by atoms with E-state index in [2.05, 4.69) is 0 Å². The highest BCUT2D eigenvalue weighted by Crippen LogP contribution is 2.48. The molecule has 0 saturated carbocycles. The van der Waals surface area contributed by atoms with Gasteiger partial charge in [-0.15, -0.1) is 11.6 Å². The van der Waals surface area contributed by atoms with E-state index in [-0.39, 0.29) is 0 Å². The van der Waals surface area contributed by atoms with Crippen LogP contribution in [-0.2, 0) is 0 Å². The molecule has 92 valence electrons. The number of fused-ring (bicyclic) bond motifs is 2. The number of rotatable bonds is 6. The van der Waals surface area contributed by atoms with Crippen LogP contribution in [-0.4, -0.2) is 12.6 Å². The van der Waals surface area contributed by atoms with Gasteiger partial charge in [0.05, 0.1) is 0 Å². The lowest BCUT2D eigenvalue weighted by Crippen LogP contribution is -2.34. The van der Waals surface area contributed by atoms with Crippen molar-refractivity contribution in [3.05, 3.63) is 0 Å². The fourth-order valence-corrected chi connectivity index (χ4v) is 4.30. The van der Waals surface area contributed by atoms with Crippen molar-refractivity contribution in [2.45, 2.75) is 82.2 Å². The summed E-state index contributed by atoms with van der Waals surface area (Å²) in [5.74, 6) is 3.08. The summed E-state index contributed by atoms with van der Waals surface area (Å²) in [6.07, 6.45) is 16.2. The molecule has 2 saturated heterocycles. The summed E-state index contributed by atoms with van der Waals surface area (Å²) in [4.78, 5) is 0. The Bertz CT molecular complexity index is 173. The van der Waals surface area contributed by atoms with E-state index in [0.717, 1.165) is 24.2 Å². The van der Waals surface area contributed by atoms with Gasteiger partial charge in [0.15, 0.2) is 0 Å². The van der Waals surface area contributed by atoms with Gasteiger partial charge in [-0.2, -0.15) is 0 Å². The van der Waals surface area contributed by atoms with Crippen molar-refractivity contribution in [3.63, 3.8) is 0 Å². The summed E-state index contributed by atoms with van der Waals surface area (Å²) in [7, 11) is 0. The normalized spacial score (nSPS) is 29.4. The fraction of sp³-hybridized carbons (Fsp3) is 1.00. The second-order valence-electron chi connectivity index (χ2n) is 5.94. The molecule has 0 nitrogen and oxygen atoms in total. The molecule has 2 bridgehead atoms. The first-order chi connectivity index (χ1) is 7.92. The smallest absolute Gasteiger partial charge is 0.127 e. The second kappa shape index (κ2) is 6.94. The van der Waals surface area contributed by atoms with Gasteiger partial charge >= 0.3 is 0 Å². The molecule has 2 aliphatic heterocycles. The van der Waals surface area contributed by atoms with Crippen LogP contribution in [0.4, 0.5) is 0 Å².